The average molecular weight is 303 g/mol. The molecule has 0 saturated heterocycles. The van der Waals surface area contributed by atoms with Gasteiger partial charge in [0.2, 0.25) is 5.75 Å². The summed E-state index contributed by atoms with van der Waals surface area (Å²) in [6.45, 7) is 0. The van der Waals surface area contributed by atoms with Gasteiger partial charge in [0, 0.05) is 0 Å². The van der Waals surface area contributed by atoms with E-state index in [0.29, 0.717) is 6.20 Å². The minimum atomic E-state index is -5.43. The minimum absolute atomic E-state index is 0.297. The second-order valence-corrected chi connectivity index (χ2v) is 4.51. The lowest BCUT2D eigenvalue weighted by Gasteiger charge is -2.10. The molecule has 0 fully saturated rings. The normalized spacial score (nSPS) is 12.2. The van der Waals surface area contributed by atoms with E-state index in [1.807, 2.05) is 0 Å². The van der Waals surface area contributed by atoms with Gasteiger partial charge in [-0.2, -0.15) is 0 Å². The summed E-state index contributed by atoms with van der Waals surface area (Å²) in [7, 11) is -4.77. The minimum Gasteiger partial charge on any atom is -0.398 e. The zero-order chi connectivity index (χ0) is 15.0. The first-order valence-electron chi connectivity index (χ1n) is 4.12. The Hall–Kier alpha value is -2.15. The number of alkyl halides is 3. The van der Waals surface area contributed by atoms with E-state index in [-0.39, 0.29) is 0 Å². The number of pyridine rings is 1. The van der Waals surface area contributed by atoms with E-state index in [1.165, 1.54) is 0 Å². The maximum absolute atomic E-state index is 12.0. The number of rotatable bonds is 3. The van der Waals surface area contributed by atoms with Gasteiger partial charge in [0.15, 0.2) is 5.03 Å². The Morgan fingerprint density at radius 2 is 1.95 bits per heavy atom. The summed E-state index contributed by atoms with van der Waals surface area (Å²) in [5.74, 6) is -1.82. The van der Waals surface area contributed by atoms with Crippen LogP contribution < -0.4 is 15.3 Å². The number of hydrogen-bond donors (Lipinski definition) is 2. The van der Waals surface area contributed by atoms with Crippen LogP contribution in [0.15, 0.2) is 16.0 Å². The molecule has 1 rings (SSSR count). The highest BCUT2D eigenvalue weighted by atomic mass is 32.2. The lowest BCUT2D eigenvalue weighted by Crippen LogP contribution is -2.27. The van der Waals surface area contributed by atoms with Crippen LogP contribution in [0.5, 0.6) is 5.75 Å². The van der Waals surface area contributed by atoms with Gasteiger partial charge in [0.1, 0.15) is 0 Å². The fourth-order valence-corrected chi connectivity index (χ4v) is 1.66. The number of sulfonamides is 1. The number of halogens is 3. The van der Waals surface area contributed by atoms with Crippen molar-refractivity contribution in [2.75, 3.05) is 0 Å². The summed E-state index contributed by atoms with van der Waals surface area (Å²) >= 11 is 0. The molecule has 0 aliphatic carbocycles. The number of nitrogens with two attached hydrogens (primary N) is 1. The highest BCUT2D eigenvalue weighted by Gasteiger charge is 2.37. The Balaban J connectivity index is 3.66. The number of aromatic amines is 1. The van der Waals surface area contributed by atoms with Crippen molar-refractivity contribution in [1.82, 2.24) is 4.98 Å². The zero-order valence-corrected chi connectivity index (χ0v) is 9.41. The van der Waals surface area contributed by atoms with Gasteiger partial charge in [-0.05, 0) is 0 Å². The molecule has 1 aromatic heterocycles. The second kappa shape index (κ2) is 4.51. The third-order valence-electron chi connectivity index (χ3n) is 1.68. The smallest absolute Gasteiger partial charge is 0.398 e. The van der Waals surface area contributed by atoms with E-state index in [1.54, 1.807) is 4.98 Å². The SMILES string of the molecule is NS(=O)(=O)c1[nH]cc([N+](=O)[O-])c(=O)c1OC(F)(F)F. The maximum Gasteiger partial charge on any atom is 0.573 e. The Bertz CT molecular complexity index is 678. The van der Waals surface area contributed by atoms with E-state index in [2.05, 4.69) is 9.88 Å². The molecule has 0 bridgehead atoms. The first-order chi connectivity index (χ1) is 8.43. The lowest BCUT2D eigenvalue weighted by molar-refractivity contribution is -0.386. The van der Waals surface area contributed by atoms with Crippen LogP contribution in [0.3, 0.4) is 0 Å². The standard InChI is InChI=1S/C6H4F3N3O6S/c7-6(8,9)18-4-3(13)2(12(14)15)1-11-5(4)19(10,16)17/h1H,(H,11,13)(H2,10,16,17). The first kappa shape index (κ1) is 14.9. The van der Waals surface area contributed by atoms with E-state index >= 15 is 0 Å². The van der Waals surface area contributed by atoms with Crippen LogP contribution in [0.4, 0.5) is 18.9 Å². The Labute approximate surface area is 102 Å². The molecule has 1 aromatic rings. The predicted molar refractivity (Wildman–Crippen MR) is 51.8 cm³/mol. The Morgan fingerprint density at radius 3 is 2.32 bits per heavy atom. The molecule has 0 radical (unpaired) electrons. The van der Waals surface area contributed by atoms with Crippen molar-refractivity contribution < 1.29 is 31.2 Å². The Morgan fingerprint density at radius 1 is 1.42 bits per heavy atom. The molecule has 3 N–H and O–H groups in total. The zero-order valence-electron chi connectivity index (χ0n) is 8.59. The maximum atomic E-state index is 12.0. The van der Waals surface area contributed by atoms with Crippen LogP contribution >= 0.6 is 0 Å². The monoisotopic (exact) mass is 303 g/mol. The van der Waals surface area contributed by atoms with Crippen LogP contribution in [-0.4, -0.2) is 24.7 Å². The van der Waals surface area contributed by atoms with Crippen molar-refractivity contribution in [3.63, 3.8) is 0 Å². The fourth-order valence-electron chi connectivity index (χ4n) is 1.04. The number of aromatic nitrogens is 1. The molecule has 13 heteroatoms. The largest absolute Gasteiger partial charge is 0.573 e. The number of nitro groups is 1. The summed E-state index contributed by atoms with van der Waals surface area (Å²) < 4.78 is 61.2. The average Bonchev–Trinajstić information content (AvgIpc) is 2.16. The summed E-state index contributed by atoms with van der Waals surface area (Å²) in [5.41, 5.74) is -3.20. The number of primary sulfonamides is 1. The van der Waals surface area contributed by atoms with Crippen LogP contribution in [0.25, 0.3) is 0 Å². The number of nitrogens with one attached hydrogen (secondary N) is 1. The van der Waals surface area contributed by atoms with Gasteiger partial charge >= 0.3 is 17.5 Å². The van der Waals surface area contributed by atoms with Gasteiger partial charge < -0.3 is 9.72 Å². The van der Waals surface area contributed by atoms with Crippen LogP contribution in [0.1, 0.15) is 0 Å². The van der Waals surface area contributed by atoms with Gasteiger partial charge in [-0.15, -0.1) is 13.2 Å². The third kappa shape index (κ3) is 3.41. The number of H-pyrrole nitrogens is 1. The van der Waals surface area contributed by atoms with Gasteiger partial charge in [0.25, 0.3) is 10.0 Å². The van der Waals surface area contributed by atoms with Crippen molar-refractivity contribution in [2.24, 2.45) is 5.14 Å². The van der Waals surface area contributed by atoms with Gasteiger partial charge in [-0.1, -0.05) is 0 Å². The quantitative estimate of drug-likeness (QED) is 0.585. The molecule has 0 unspecified atom stereocenters. The highest BCUT2D eigenvalue weighted by Crippen LogP contribution is 2.25. The number of ether oxygens (including phenoxy) is 1. The molecule has 19 heavy (non-hydrogen) atoms. The summed E-state index contributed by atoms with van der Waals surface area (Å²) in [6.07, 6.45) is -5.13. The van der Waals surface area contributed by atoms with E-state index in [4.69, 9.17) is 0 Å². The van der Waals surface area contributed by atoms with E-state index < -0.39 is 43.2 Å². The van der Waals surface area contributed by atoms with Gasteiger partial charge in [-0.3, -0.25) is 14.9 Å². The van der Waals surface area contributed by atoms with E-state index in [9.17, 15) is 36.5 Å². The van der Waals surface area contributed by atoms with Crippen molar-refractivity contribution in [2.45, 2.75) is 11.4 Å². The molecular weight excluding hydrogens is 299 g/mol. The van der Waals surface area contributed by atoms with Gasteiger partial charge in [0.05, 0.1) is 11.1 Å². The summed E-state index contributed by atoms with van der Waals surface area (Å²) in [6, 6.07) is 0. The second-order valence-electron chi connectivity index (χ2n) is 3.01. The van der Waals surface area contributed by atoms with Crippen molar-refractivity contribution in [1.29, 1.82) is 0 Å². The first-order valence-corrected chi connectivity index (χ1v) is 5.66. The van der Waals surface area contributed by atoms with Crippen LogP contribution in [0, 0.1) is 10.1 Å². The lowest BCUT2D eigenvalue weighted by atomic mass is 10.4. The molecule has 0 atom stereocenters. The van der Waals surface area contributed by atoms with Crippen molar-refractivity contribution in [3.05, 3.63) is 26.5 Å². The molecule has 0 spiro atoms. The van der Waals surface area contributed by atoms with Crippen LogP contribution in [-0.2, 0) is 10.0 Å². The molecule has 0 aliphatic heterocycles. The van der Waals surface area contributed by atoms with Crippen molar-refractivity contribution in [3.8, 4) is 5.75 Å². The summed E-state index contributed by atoms with van der Waals surface area (Å²) in [5, 5.41) is 13.5. The highest BCUT2D eigenvalue weighted by molar-refractivity contribution is 7.89. The van der Waals surface area contributed by atoms with Crippen LogP contribution in [0.2, 0.25) is 0 Å². The molecule has 1 heterocycles. The topological polar surface area (TPSA) is 145 Å². The molecule has 0 aliphatic rings. The number of hydrogen-bond acceptors (Lipinski definition) is 6. The molecule has 0 amide bonds. The molecule has 0 saturated carbocycles. The molecule has 9 nitrogen and oxygen atoms in total. The van der Waals surface area contributed by atoms with Crippen molar-refractivity contribution >= 4 is 15.7 Å². The molecular formula is C6H4F3N3O6S. The van der Waals surface area contributed by atoms with Gasteiger partial charge in [-0.25, -0.2) is 13.6 Å². The Kier molecular flexibility index (Phi) is 3.54. The fraction of sp³-hybridized carbons (Fsp3) is 0.167. The number of nitrogens with zero attached hydrogens (tertiary/aromatic N) is 1. The van der Waals surface area contributed by atoms with E-state index in [0.717, 1.165) is 0 Å². The predicted octanol–water partition coefficient (Wildman–Crippen LogP) is -0.171. The summed E-state index contributed by atoms with van der Waals surface area (Å²) in [4.78, 5) is 22.0. The third-order valence-corrected chi connectivity index (χ3v) is 2.56. The molecule has 0 aromatic carbocycles. The molecule has 106 valence electrons.